The highest BCUT2D eigenvalue weighted by Crippen LogP contribution is 2.33. The molecule has 0 bridgehead atoms. The summed E-state index contributed by atoms with van der Waals surface area (Å²) in [6, 6.07) is 11.2. The predicted molar refractivity (Wildman–Crippen MR) is 89.6 cm³/mol. The van der Waals surface area contributed by atoms with Crippen LogP contribution in [0.4, 0.5) is 11.4 Å². The molecule has 0 saturated carbocycles. The van der Waals surface area contributed by atoms with E-state index in [0.717, 1.165) is 0 Å². The number of nitrogens with one attached hydrogen (secondary N) is 1. The average molecular weight is 341 g/mol. The van der Waals surface area contributed by atoms with Crippen LogP contribution in [0, 0.1) is 0 Å². The van der Waals surface area contributed by atoms with Gasteiger partial charge in [-0.05, 0) is 36.4 Å². The van der Waals surface area contributed by atoms with Gasteiger partial charge in [-0.1, -0.05) is 17.7 Å². The highest BCUT2D eigenvalue weighted by atomic mass is 35.5. The third kappa shape index (κ3) is 3.45. The lowest BCUT2D eigenvalue weighted by atomic mass is 10.2. The zero-order valence-electron chi connectivity index (χ0n) is 12.5. The minimum atomic E-state index is -3.70. The molecule has 0 spiro atoms. The van der Waals surface area contributed by atoms with E-state index in [4.69, 9.17) is 16.3 Å². The SMILES string of the molecule is COc1ccc(S(=O)(=O)Nc2cccc(Cl)c2N(C)C)cc1. The molecule has 2 rings (SSSR count). The molecule has 0 aliphatic carbocycles. The lowest BCUT2D eigenvalue weighted by molar-refractivity contribution is 0.414. The van der Waals surface area contributed by atoms with Crippen LogP contribution in [0.1, 0.15) is 0 Å². The van der Waals surface area contributed by atoms with Crippen molar-refractivity contribution >= 4 is 33.0 Å². The van der Waals surface area contributed by atoms with E-state index in [0.29, 0.717) is 22.1 Å². The lowest BCUT2D eigenvalue weighted by Crippen LogP contribution is -2.17. The summed E-state index contributed by atoms with van der Waals surface area (Å²) in [6.07, 6.45) is 0. The third-order valence-electron chi connectivity index (χ3n) is 3.05. The van der Waals surface area contributed by atoms with Crippen molar-refractivity contribution in [1.29, 1.82) is 0 Å². The van der Waals surface area contributed by atoms with E-state index < -0.39 is 10.0 Å². The molecule has 0 aliphatic heterocycles. The molecule has 0 heterocycles. The van der Waals surface area contributed by atoms with E-state index in [1.54, 1.807) is 49.3 Å². The topological polar surface area (TPSA) is 58.6 Å². The molecule has 7 heteroatoms. The van der Waals surface area contributed by atoms with Crippen LogP contribution in [0.5, 0.6) is 5.75 Å². The molecule has 0 amide bonds. The van der Waals surface area contributed by atoms with Crippen LogP contribution in [-0.4, -0.2) is 29.6 Å². The second-order valence-corrected chi connectivity index (χ2v) is 6.90. The first-order valence-corrected chi connectivity index (χ1v) is 8.34. The normalized spacial score (nSPS) is 11.1. The monoisotopic (exact) mass is 340 g/mol. The quantitative estimate of drug-likeness (QED) is 0.908. The number of halogens is 1. The van der Waals surface area contributed by atoms with Crippen molar-refractivity contribution < 1.29 is 13.2 Å². The molecule has 1 N–H and O–H groups in total. The Morgan fingerprint density at radius 1 is 1.09 bits per heavy atom. The zero-order valence-corrected chi connectivity index (χ0v) is 14.1. The van der Waals surface area contributed by atoms with Gasteiger partial charge in [0.1, 0.15) is 5.75 Å². The first kappa shape index (κ1) is 16.5. The van der Waals surface area contributed by atoms with E-state index in [1.165, 1.54) is 19.2 Å². The van der Waals surface area contributed by atoms with Crippen molar-refractivity contribution in [2.45, 2.75) is 4.90 Å². The van der Waals surface area contributed by atoms with Crippen molar-refractivity contribution in [1.82, 2.24) is 0 Å². The summed E-state index contributed by atoms with van der Waals surface area (Å²) in [5, 5.41) is 0.472. The average Bonchev–Trinajstić information content (AvgIpc) is 2.46. The van der Waals surface area contributed by atoms with Gasteiger partial charge in [0.15, 0.2) is 0 Å². The number of benzene rings is 2. The summed E-state index contributed by atoms with van der Waals surface area (Å²) >= 11 is 6.15. The van der Waals surface area contributed by atoms with Crippen molar-refractivity contribution in [3.05, 3.63) is 47.5 Å². The number of nitrogens with zero attached hydrogens (tertiary/aromatic N) is 1. The maximum absolute atomic E-state index is 12.5. The Balaban J connectivity index is 2.38. The Labute approximate surface area is 135 Å². The lowest BCUT2D eigenvalue weighted by Gasteiger charge is -2.20. The van der Waals surface area contributed by atoms with E-state index in [2.05, 4.69) is 4.72 Å². The molecule has 5 nitrogen and oxygen atoms in total. The molecule has 0 unspecified atom stereocenters. The van der Waals surface area contributed by atoms with Gasteiger partial charge in [-0.3, -0.25) is 4.72 Å². The van der Waals surface area contributed by atoms with Gasteiger partial charge in [-0.2, -0.15) is 0 Å². The number of ether oxygens (including phenoxy) is 1. The third-order valence-corrected chi connectivity index (χ3v) is 4.73. The number of anilines is 2. The maximum Gasteiger partial charge on any atom is 0.261 e. The molecule has 118 valence electrons. The van der Waals surface area contributed by atoms with Crippen LogP contribution in [0.2, 0.25) is 5.02 Å². The Hall–Kier alpha value is -1.92. The summed E-state index contributed by atoms with van der Waals surface area (Å²) in [5.74, 6) is 0.593. The number of methoxy groups -OCH3 is 1. The van der Waals surface area contributed by atoms with Crippen molar-refractivity contribution in [2.24, 2.45) is 0 Å². The smallest absolute Gasteiger partial charge is 0.261 e. The summed E-state index contributed by atoms with van der Waals surface area (Å²) in [5.41, 5.74) is 1.04. The van der Waals surface area contributed by atoms with Crippen molar-refractivity contribution in [3.63, 3.8) is 0 Å². The minimum Gasteiger partial charge on any atom is -0.497 e. The Morgan fingerprint density at radius 2 is 1.73 bits per heavy atom. The predicted octanol–water partition coefficient (Wildman–Crippen LogP) is 3.22. The van der Waals surface area contributed by atoms with Crippen LogP contribution < -0.4 is 14.4 Å². The number of hydrogen-bond acceptors (Lipinski definition) is 4. The second kappa shape index (κ2) is 6.46. The summed E-state index contributed by atoms with van der Waals surface area (Å²) in [6.45, 7) is 0. The standard InChI is InChI=1S/C15H17ClN2O3S/c1-18(2)15-13(16)5-4-6-14(15)17-22(19,20)12-9-7-11(21-3)8-10-12/h4-10,17H,1-3H3. The number of sulfonamides is 1. The van der Waals surface area contributed by atoms with Gasteiger partial charge in [-0.15, -0.1) is 0 Å². The Morgan fingerprint density at radius 3 is 2.27 bits per heavy atom. The van der Waals surface area contributed by atoms with E-state index in [1.807, 2.05) is 0 Å². The van der Waals surface area contributed by atoms with Gasteiger partial charge < -0.3 is 9.64 Å². The molecule has 0 radical (unpaired) electrons. The van der Waals surface area contributed by atoms with Crippen LogP contribution in [0.15, 0.2) is 47.4 Å². The molecule has 0 atom stereocenters. The largest absolute Gasteiger partial charge is 0.497 e. The fourth-order valence-electron chi connectivity index (χ4n) is 2.01. The van der Waals surface area contributed by atoms with Gasteiger partial charge >= 0.3 is 0 Å². The minimum absolute atomic E-state index is 0.151. The van der Waals surface area contributed by atoms with E-state index in [9.17, 15) is 8.42 Å². The second-order valence-electron chi connectivity index (χ2n) is 4.81. The summed E-state index contributed by atoms with van der Waals surface area (Å²) in [7, 11) is 1.42. The fourth-order valence-corrected chi connectivity index (χ4v) is 3.42. The molecule has 0 aliphatic rings. The fraction of sp³-hybridized carbons (Fsp3) is 0.200. The highest BCUT2D eigenvalue weighted by Gasteiger charge is 2.18. The van der Waals surface area contributed by atoms with Gasteiger partial charge in [-0.25, -0.2) is 8.42 Å². The van der Waals surface area contributed by atoms with Gasteiger partial charge in [0, 0.05) is 14.1 Å². The summed E-state index contributed by atoms with van der Waals surface area (Å²) in [4.78, 5) is 1.91. The molecular weight excluding hydrogens is 324 g/mol. The number of para-hydroxylation sites is 1. The first-order valence-electron chi connectivity index (χ1n) is 6.48. The molecule has 0 fully saturated rings. The molecule has 2 aromatic carbocycles. The van der Waals surface area contributed by atoms with Crippen molar-refractivity contribution in [3.8, 4) is 5.75 Å². The Kier molecular flexibility index (Phi) is 4.83. The van der Waals surface area contributed by atoms with Crippen LogP contribution in [-0.2, 0) is 10.0 Å². The van der Waals surface area contributed by atoms with Crippen molar-refractivity contribution in [2.75, 3.05) is 30.8 Å². The summed E-state index contributed by atoms with van der Waals surface area (Å²) < 4.78 is 32.5. The molecule has 2 aromatic rings. The van der Waals surface area contributed by atoms with E-state index in [-0.39, 0.29) is 4.90 Å². The molecule has 0 aromatic heterocycles. The van der Waals surface area contributed by atoms with Crippen LogP contribution in [0.25, 0.3) is 0 Å². The highest BCUT2D eigenvalue weighted by molar-refractivity contribution is 7.92. The number of hydrogen-bond donors (Lipinski definition) is 1. The van der Waals surface area contributed by atoms with Crippen LogP contribution in [0.3, 0.4) is 0 Å². The molecular formula is C15H17ClN2O3S. The van der Waals surface area contributed by atoms with Gasteiger partial charge in [0.25, 0.3) is 10.0 Å². The Bertz CT molecular complexity index is 759. The van der Waals surface area contributed by atoms with Crippen LogP contribution >= 0.6 is 11.6 Å². The zero-order chi connectivity index (χ0) is 16.3. The van der Waals surface area contributed by atoms with Gasteiger partial charge in [0.05, 0.1) is 28.4 Å². The number of rotatable bonds is 5. The van der Waals surface area contributed by atoms with E-state index >= 15 is 0 Å². The van der Waals surface area contributed by atoms with Gasteiger partial charge in [0.2, 0.25) is 0 Å². The maximum atomic E-state index is 12.5. The molecule has 0 saturated heterocycles. The first-order chi connectivity index (χ1) is 10.3. The molecule has 22 heavy (non-hydrogen) atoms.